The average molecular weight is 288 g/mol. The van der Waals surface area contributed by atoms with Crippen LogP contribution in [0.15, 0.2) is 18.2 Å². The van der Waals surface area contributed by atoms with Gasteiger partial charge in [-0.25, -0.2) is 4.98 Å². The second kappa shape index (κ2) is 5.49. The van der Waals surface area contributed by atoms with Gasteiger partial charge in [-0.15, -0.1) is 5.10 Å². The molecule has 0 aliphatic heterocycles. The fourth-order valence-electron chi connectivity index (χ4n) is 1.63. The van der Waals surface area contributed by atoms with Crippen molar-refractivity contribution in [1.82, 2.24) is 15.2 Å². The molecule has 0 unspecified atom stereocenters. The number of nitrogens with zero attached hydrogens (tertiary/aromatic N) is 4. The fourth-order valence-corrected chi connectivity index (χ4v) is 1.63. The minimum Gasteiger partial charge on any atom is -0.393 e. The summed E-state index contributed by atoms with van der Waals surface area (Å²) in [6, 6.07) is 4.11. The van der Waals surface area contributed by atoms with Crippen LogP contribution in [0.3, 0.4) is 0 Å². The van der Waals surface area contributed by atoms with Crippen molar-refractivity contribution in [2.75, 3.05) is 11.1 Å². The molecular weight excluding hydrogens is 276 g/mol. The van der Waals surface area contributed by atoms with Crippen molar-refractivity contribution in [2.45, 2.75) is 13.8 Å². The predicted octanol–water partition coefficient (Wildman–Crippen LogP) is 1.23. The summed E-state index contributed by atoms with van der Waals surface area (Å²) in [5, 5.41) is 20.9. The maximum Gasteiger partial charge on any atom is 0.304 e. The minimum absolute atomic E-state index is 0.0279. The van der Waals surface area contributed by atoms with Crippen LogP contribution in [0.5, 0.6) is 0 Å². The SMILES string of the molecule is Cc1nnc(NC(=O)c2cccc(N)c2[N+](=O)[O-])nc1C. The van der Waals surface area contributed by atoms with Gasteiger partial charge in [-0.05, 0) is 26.0 Å². The molecule has 21 heavy (non-hydrogen) atoms. The first kappa shape index (κ1) is 14.3. The Morgan fingerprint density at radius 1 is 1.29 bits per heavy atom. The van der Waals surface area contributed by atoms with Crippen molar-refractivity contribution >= 4 is 23.2 Å². The number of amides is 1. The minimum atomic E-state index is -0.723. The third-order valence-electron chi connectivity index (χ3n) is 2.81. The molecule has 0 saturated heterocycles. The Hall–Kier alpha value is -3.10. The molecule has 0 radical (unpaired) electrons. The summed E-state index contributed by atoms with van der Waals surface area (Å²) < 4.78 is 0. The van der Waals surface area contributed by atoms with Crippen molar-refractivity contribution < 1.29 is 9.72 Å². The van der Waals surface area contributed by atoms with Gasteiger partial charge in [0.05, 0.1) is 16.3 Å². The largest absolute Gasteiger partial charge is 0.393 e. The predicted molar refractivity (Wildman–Crippen MR) is 74.8 cm³/mol. The molecule has 1 aromatic carbocycles. The summed E-state index contributed by atoms with van der Waals surface area (Å²) in [6.45, 7) is 3.44. The molecule has 0 fully saturated rings. The molecule has 2 aromatic rings. The molecule has 2 rings (SSSR count). The molecule has 0 saturated carbocycles. The second-order valence-corrected chi connectivity index (χ2v) is 4.26. The van der Waals surface area contributed by atoms with Gasteiger partial charge in [-0.2, -0.15) is 5.10 Å². The number of carbonyl (C=O) groups excluding carboxylic acids is 1. The summed E-state index contributed by atoms with van der Waals surface area (Å²) in [6.07, 6.45) is 0. The Labute approximate surface area is 119 Å². The molecule has 3 N–H and O–H groups in total. The highest BCUT2D eigenvalue weighted by atomic mass is 16.6. The van der Waals surface area contributed by atoms with E-state index in [9.17, 15) is 14.9 Å². The quantitative estimate of drug-likeness (QED) is 0.492. The van der Waals surface area contributed by atoms with Crippen LogP contribution in [0.1, 0.15) is 21.7 Å². The number of hydrogen-bond donors (Lipinski definition) is 2. The highest BCUT2D eigenvalue weighted by Gasteiger charge is 2.23. The van der Waals surface area contributed by atoms with E-state index in [1.807, 2.05) is 0 Å². The monoisotopic (exact) mass is 288 g/mol. The summed E-state index contributed by atoms with van der Waals surface area (Å²) in [5.74, 6) is -0.751. The number of hydrogen-bond acceptors (Lipinski definition) is 7. The third kappa shape index (κ3) is 2.91. The van der Waals surface area contributed by atoms with E-state index in [4.69, 9.17) is 5.73 Å². The van der Waals surface area contributed by atoms with Gasteiger partial charge in [0.25, 0.3) is 5.91 Å². The van der Waals surface area contributed by atoms with Crippen molar-refractivity contribution in [3.63, 3.8) is 0 Å². The van der Waals surface area contributed by atoms with E-state index in [0.717, 1.165) is 0 Å². The van der Waals surface area contributed by atoms with E-state index in [0.29, 0.717) is 11.4 Å². The first-order valence-electron chi connectivity index (χ1n) is 5.92. The topological polar surface area (TPSA) is 137 Å². The van der Waals surface area contributed by atoms with E-state index in [-0.39, 0.29) is 17.2 Å². The molecule has 108 valence electrons. The van der Waals surface area contributed by atoms with Gasteiger partial charge in [0.15, 0.2) is 0 Å². The number of nitro benzene ring substituents is 1. The van der Waals surface area contributed by atoms with Gasteiger partial charge in [0.2, 0.25) is 5.95 Å². The van der Waals surface area contributed by atoms with Crippen molar-refractivity contribution in [3.05, 3.63) is 45.3 Å². The summed E-state index contributed by atoms with van der Waals surface area (Å²) >= 11 is 0. The zero-order valence-electron chi connectivity index (χ0n) is 11.3. The smallest absolute Gasteiger partial charge is 0.304 e. The van der Waals surface area contributed by atoms with Gasteiger partial charge in [-0.1, -0.05) is 6.07 Å². The number of para-hydroxylation sites is 1. The van der Waals surface area contributed by atoms with Crippen LogP contribution in [0.4, 0.5) is 17.3 Å². The van der Waals surface area contributed by atoms with Crippen LogP contribution in [0.2, 0.25) is 0 Å². The van der Waals surface area contributed by atoms with E-state index >= 15 is 0 Å². The first-order chi connectivity index (χ1) is 9.90. The normalized spacial score (nSPS) is 10.2. The van der Waals surface area contributed by atoms with Gasteiger partial charge in [0.1, 0.15) is 11.3 Å². The lowest BCUT2D eigenvalue weighted by Crippen LogP contribution is -2.17. The number of nitrogen functional groups attached to an aromatic ring is 1. The zero-order chi connectivity index (χ0) is 15.6. The number of carbonyl (C=O) groups is 1. The van der Waals surface area contributed by atoms with Gasteiger partial charge >= 0.3 is 5.69 Å². The van der Waals surface area contributed by atoms with Crippen molar-refractivity contribution in [1.29, 1.82) is 0 Å². The lowest BCUT2D eigenvalue weighted by atomic mass is 10.1. The van der Waals surface area contributed by atoms with Crippen molar-refractivity contribution in [3.8, 4) is 0 Å². The maximum atomic E-state index is 12.1. The zero-order valence-corrected chi connectivity index (χ0v) is 11.3. The maximum absolute atomic E-state index is 12.1. The summed E-state index contributed by atoms with van der Waals surface area (Å²) in [7, 11) is 0. The van der Waals surface area contributed by atoms with Gasteiger partial charge < -0.3 is 5.73 Å². The lowest BCUT2D eigenvalue weighted by Gasteiger charge is -2.06. The number of aryl methyl sites for hydroxylation is 2. The van der Waals surface area contributed by atoms with Crippen LogP contribution in [0.25, 0.3) is 0 Å². The Morgan fingerprint density at radius 2 is 2.00 bits per heavy atom. The van der Waals surface area contributed by atoms with Gasteiger partial charge in [-0.3, -0.25) is 20.2 Å². The number of nitrogens with two attached hydrogens (primary N) is 1. The highest BCUT2D eigenvalue weighted by Crippen LogP contribution is 2.26. The number of aromatic nitrogens is 3. The molecular formula is C12H12N6O3. The number of anilines is 2. The molecule has 9 heteroatoms. The van der Waals surface area contributed by atoms with E-state index < -0.39 is 16.5 Å². The number of nitro groups is 1. The average Bonchev–Trinajstić information content (AvgIpc) is 2.42. The number of nitrogens with one attached hydrogen (secondary N) is 1. The van der Waals surface area contributed by atoms with Crippen LogP contribution in [0, 0.1) is 24.0 Å². The molecule has 0 spiro atoms. The molecule has 0 atom stereocenters. The fraction of sp³-hybridized carbons (Fsp3) is 0.167. The van der Waals surface area contributed by atoms with Crippen molar-refractivity contribution in [2.24, 2.45) is 0 Å². The number of benzene rings is 1. The Kier molecular flexibility index (Phi) is 3.74. The lowest BCUT2D eigenvalue weighted by molar-refractivity contribution is -0.384. The highest BCUT2D eigenvalue weighted by molar-refractivity contribution is 6.07. The number of rotatable bonds is 3. The van der Waals surface area contributed by atoms with E-state index in [1.54, 1.807) is 13.8 Å². The molecule has 0 aliphatic carbocycles. The molecule has 1 amide bonds. The van der Waals surface area contributed by atoms with Gasteiger partial charge in [0, 0.05) is 0 Å². The van der Waals surface area contributed by atoms with E-state index in [2.05, 4.69) is 20.5 Å². The summed E-state index contributed by atoms with van der Waals surface area (Å²) in [5.41, 5.74) is 6.05. The third-order valence-corrected chi connectivity index (χ3v) is 2.81. The Balaban J connectivity index is 2.35. The van der Waals surface area contributed by atoms with Crippen LogP contribution in [-0.2, 0) is 0 Å². The standard InChI is InChI=1S/C12H12N6O3/c1-6-7(2)16-17-12(14-6)15-11(19)8-4-3-5-9(13)10(8)18(20)21/h3-5H,13H2,1-2H3,(H,14,15,17,19). The van der Waals surface area contributed by atoms with Crippen LogP contribution in [-0.4, -0.2) is 26.0 Å². The van der Waals surface area contributed by atoms with Crippen LogP contribution >= 0.6 is 0 Å². The first-order valence-corrected chi connectivity index (χ1v) is 5.92. The molecule has 1 aromatic heterocycles. The molecule has 9 nitrogen and oxygen atoms in total. The van der Waals surface area contributed by atoms with E-state index in [1.165, 1.54) is 18.2 Å². The Morgan fingerprint density at radius 3 is 2.62 bits per heavy atom. The Bertz CT molecular complexity index is 731. The van der Waals surface area contributed by atoms with Crippen LogP contribution < -0.4 is 11.1 Å². The molecule has 1 heterocycles. The summed E-state index contributed by atoms with van der Waals surface area (Å²) in [4.78, 5) is 26.4. The second-order valence-electron chi connectivity index (χ2n) is 4.26. The molecule has 0 bridgehead atoms. The molecule has 0 aliphatic rings.